The quantitative estimate of drug-likeness (QED) is 0.217. The van der Waals surface area contributed by atoms with Crippen LogP contribution in [0.5, 0.6) is 23.0 Å². The number of ether oxygens (including phenoxy) is 4. The smallest absolute Gasteiger partial charge is 0.271 e. The van der Waals surface area contributed by atoms with Gasteiger partial charge in [0.25, 0.3) is 5.91 Å². The third kappa shape index (κ3) is 6.97. The van der Waals surface area contributed by atoms with Crippen LogP contribution in [-0.4, -0.2) is 32.9 Å². The topological polar surface area (TPSA) is 78.4 Å². The van der Waals surface area contributed by atoms with Crippen molar-refractivity contribution in [3.05, 3.63) is 94.8 Å². The third-order valence-electron chi connectivity index (χ3n) is 4.69. The molecule has 1 amide bonds. The fourth-order valence-electron chi connectivity index (χ4n) is 3.04. The van der Waals surface area contributed by atoms with Gasteiger partial charge < -0.3 is 18.9 Å². The lowest BCUT2D eigenvalue weighted by Gasteiger charge is -2.13. The summed E-state index contributed by atoms with van der Waals surface area (Å²) < 4.78 is 35.3. The van der Waals surface area contributed by atoms with Gasteiger partial charge in [0, 0.05) is 5.56 Å². The number of rotatable bonds is 11. The van der Waals surface area contributed by atoms with Crippen molar-refractivity contribution < 1.29 is 28.1 Å². The van der Waals surface area contributed by atoms with Crippen LogP contribution >= 0.6 is 11.6 Å². The van der Waals surface area contributed by atoms with Crippen LogP contribution in [0.3, 0.4) is 0 Å². The molecule has 0 aliphatic rings. The Bertz CT molecular complexity index is 1230. The van der Waals surface area contributed by atoms with Gasteiger partial charge in [-0.1, -0.05) is 36.4 Å². The highest BCUT2D eigenvalue weighted by atomic mass is 35.5. The molecule has 0 saturated carbocycles. The molecule has 0 spiro atoms. The van der Waals surface area contributed by atoms with E-state index in [1.807, 2.05) is 0 Å². The van der Waals surface area contributed by atoms with Crippen LogP contribution in [0.4, 0.5) is 4.39 Å². The Labute approximate surface area is 207 Å². The zero-order chi connectivity index (χ0) is 25.2. The molecule has 3 rings (SSSR count). The van der Waals surface area contributed by atoms with Gasteiger partial charge in [0.05, 0.1) is 25.5 Å². The Morgan fingerprint density at radius 2 is 1.86 bits per heavy atom. The first kappa shape index (κ1) is 25.6. The number of hydrazone groups is 1. The highest BCUT2D eigenvalue weighted by Crippen LogP contribution is 2.36. The highest BCUT2D eigenvalue weighted by molar-refractivity contribution is 6.32. The van der Waals surface area contributed by atoms with E-state index in [4.69, 9.17) is 30.5 Å². The summed E-state index contributed by atoms with van der Waals surface area (Å²) in [4.78, 5) is 12.5. The molecular formula is C26H24ClFN2O5. The molecule has 0 aromatic heterocycles. The van der Waals surface area contributed by atoms with E-state index in [-0.39, 0.29) is 17.4 Å². The predicted molar refractivity (Wildman–Crippen MR) is 132 cm³/mol. The Morgan fingerprint density at radius 3 is 2.57 bits per heavy atom. The molecule has 3 aromatic rings. The number of nitrogens with zero attached hydrogens (tertiary/aromatic N) is 1. The summed E-state index contributed by atoms with van der Waals surface area (Å²) in [6.45, 7) is 4.02. The lowest BCUT2D eigenvalue weighted by Crippen LogP contribution is -2.17. The molecule has 0 radical (unpaired) electrons. The fourth-order valence-corrected chi connectivity index (χ4v) is 3.32. The van der Waals surface area contributed by atoms with Crippen molar-refractivity contribution in [2.75, 3.05) is 20.8 Å². The number of methoxy groups -OCH3 is 2. The molecule has 0 atom stereocenters. The molecule has 0 fully saturated rings. The molecule has 0 aliphatic heterocycles. The molecule has 3 aromatic carbocycles. The predicted octanol–water partition coefficient (Wildman–Crippen LogP) is 5.40. The minimum absolute atomic E-state index is 0.109. The summed E-state index contributed by atoms with van der Waals surface area (Å²) in [6.07, 6.45) is 3.03. The summed E-state index contributed by atoms with van der Waals surface area (Å²) in [5, 5.41) is 4.26. The average molecular weight is 499 g/mol. The number of carbonyl (C=O) groups is 1. The first-order chi connectivity index (χ1) is 16.9. The molecule has 35 heavy (non-hydrogen) atoms. The van der Waals surface area contributed by atoms with E-state index in [0.29, 0.717) is 46.3 Å². The van der Waals surface area contributed by atoms with Crippen LogP contribution in [0.1, 0.15) is 21.5 Å². The highest BCUT2D eigenvalue weighted by Gasteiger charge is 2.13. The van der Waals surface area contributed by atoms with Crippen molar-refractivity contribution in [2.24, 2.45) is 5.10 Å². The van der Waals surface area contributed by atoms with Crippen LogP contribution < -0.4 is 24.4 Å². The lowest BCUT2D eigenvalue weighted by atomic mass is 10.2. The van der Waals surface area contributed by atoms with E-state index in [1.54, 1.807) is 48.5 Å². The van der Waals surface area contributed by atoms with Crippen molar-refractivity contribution in [2.45, 2.75) is 6.61 Å². The van der Waals surface area contributed by atoms with Gasteiger partial charge in [0.15, 0.2) is 23.0 Å². The number of nitrogens with one attached hydrogen (secondary N) is 1. The molecule has 0 heterocycles. The van der Waals surface area contributed by atoms with E-state index < -0.39 is 5.91 Å². The molecule has 1 N–H and O–H groups in total. The molecule has 0 saturated heterocycles. The Morgan fingerprint density at radius 1 is 1.06 bits per heavy atom. The number of hydrogen-bond donors (Lipinski definition) is 1. The molecule has 0 unspecified atom stereocenters. The summed E-state index contributed by atoms with van der Waals surface area (Å²) in [5.74, 6) is 0.783. The largest absolute Gasteiger partial charge is 0.493 e. The lowest BCUT2D eigenvalue weighted by molar-refractivity contribution is 0.0954. The van der Waals surface area contributed by atoms with E-state index in [2.05, 4.69) is 17.1 Å². The second-order valence-corrected chi connectivity index (χ2v) is 7.52. The SMILES string of the molecule is C=CCOc1ccc(C(=O)N/N=C/c2cc(Cl)c(OCc3cccc(F)c3)c(OC)c2)cc1OC. The molecular weight excluding hydrogens is 475 g/mol. The van der Waals surface area contributed by atoms with Crippen LogP contribution in [0, 0.1) is 5.82 Å². The zero-order valence-corrected chi connectivity index (χ0v) is 20.0. The first-order valence-corrected chi connectivity index (χ1v) is 10.8. The van der Waals surface area contributed by atoms with Gasteiger partial charge in [0.1, 0.15) is 19.0 Å². The summed E-state index contributed by atoms with van der Waals surface area (Å²) in [5.41, 5.74) is 4.00. The maximum Gasteiger partial charge on any atom is 0.271 e. The van der Waals surface area contributed by atoms with Crippen molar-refractivity contribution in [1.82, 2.24) is 5.43 Å². The monoisotopic (exact) mass is 498 g/mol. The fraction of sp³-hybridized carbons (Fsp3) is 0.154. The normalized spacial score (nSPS) is 10.6. The number of carbonyl (C=O) groups excluding carboxylic acids is 1. The van der Waals surface area contributed by atoms with Crippen molar-refractivity contribution in [3.63, 3.8) is 0 Å². The van der Waals surface area contributed by atoms with Crippen molar-refractivity contribution in [1.29, 1.82) is 0 Å². The second kappa shape index (κ2) is 12.4. The molecule has 9 heteroatoms. The summed E-state index contributed by atoms with van der Waals surface area (Å²) in [7, 11) is 2.96. The van der Waals surface area contributed by atoms with Crippen LogP contribution in [0.2, 0.25) is 5.02 Å². The Kier molecular flexibility index (Phi) is 9.09. The van der Waals surface area contributed by atoms with Crippen molar-refractivity contribution >= 4 is 23.7 Å². The van der Waals surface area contributed by atoms with Gasteiger partial charge in [-0.25, -0.2) is 9.82 Å². The van der Waals surface area contributed by atoms with E-state index >= 15 is 0 Å². The minimum Gasteiger partial charge on any atom is -0.493 e. The number of halogens is 2. The van der Waals surface area contributed by atoms with Crippen LogP contribution in [-0.2, 0) is 6.61 Å². The molecule has 0 aliphatic carbocycles. The second-order valence-electron chi connectivity index (χ2n) is 7.12. The van der Waals surface area contributed by atoms with Crippen LogP contribution in [0.15, 0.2) is 72.4 Å². The van der Waals surface area contributed by atoms with E-state index in [1.165, 1.54) is 32.6 Å². The molecule has 7 nitrogen and oxygen atoms in total. The Hall–Kier alpha value is -4.04. The first-order valence-electron chi connectivity index (χ1n) is 10.4. The zero-order valence-electron chi connectivity index (χ0n) is 19.2. The van der Waals surface area contributed by atoms with Gasteiger partial charge in [-0.05, 0) is 53.6 Å². The maximum absolute atomic E-state index is 13.4. The van der Waals surface area contributed by atoms with Crippen molar-refractivity contribution in [3.8, 4) is 23.0 Å². The van der Waals surface area contributed by atoms with Gasteiger partial charge in [-0.15, -0.1) is 0 Å². The number of benzene rings is 3. The molecule has 182 valence electrons. The van der Waals surface area contributed by atoms with Gasteiger partial charge >= 0.3 is 0 Å². The average Bonchev–Trinajstić information content (AvgIpc) is 2.86. The van der Waals surface area contributed by atoms with E-state index in [0.717, 1.165) is 0 Å². The summed E-state index contributed by atoms with van der Waals surface area (Å²) in [6, 6.07) is 14.1. The maximum atomic E-state index is 13.4. The number of hydrogen-bond acceptors (Lipinski definition) is 6. The van der Waals surface area contributed by atoms with Gasteiger partial charge in [-0.2, -0.15) is 5.10 Å². The Balaban J connectivity index is 1.68. The minimum atomic E-state index is -0.442. The van der Waals surface area contributed by atoms with Gasteiger partial charge in [-0.3, -0.25) is 4.79 Å². The van der Waals surface area contributed by atoms with Crippen LogP contribution in [0.25, 0.3) is 0 Å². The molecule has 0 bridgehead atoms. The standard InChI is InChI=1S/C26H24ClFN2O5/c1-4-10-34-22-9-8-19(14-23(22)32-2)26(31)30-29-15-18-12-21(27)25(24(13-18)33-3)35-16-17-6-5-7-20(28)11-17/h4-9,11-15H,1,10,16H2,2-3H3,(H,30,31)/b29-15+. The third-order valence-corrected chi connectivity index (χ3v) is 4.97. The number of amides is 1. The summed E-state index contributed by atoms with van der Waals surface area (Å²) >= 11 is 6.37. The van der Waals surface area contributed by atoms with Gasteiger partial charge in [0.2, 0.25) is 0 Å². The van der Waals surface area contributed by atoms with E-state index in [9.17, 15) is 9.18 Å².